The van der Waals surface area contributed by atoms with Gasteiger partial charge in [-0.15, -0.1) is 0 Å². The smallest absolute Gasteiger partial charge is 0.221 e. The largest absolute Gasteiger partial charge is 0.369 e. The van der Waals surface area contributed by atoms with Crippen molar-refractivity contribution in [2.24, 2.45) is 16.6 Å². The molecule has 0 aliphatic rings. The summed E-state index contributed by atoms with van der Waals surface area (Å²) in [6, 6.07) is 8.50. The topological polar surface area (TPSA) is 56.0 Å². The molecule has 0 aliphatic carbocycles. The van der Waals surface area contributed by atoms with Crippen LogP contribution in [0.2, 0.25) is 0 Å². The Morgan fingerprint density at radius 1 is 1.04 bits per heavy atom. The lowest BCUT2D eigenvalue weighted by Crippen LogP contribution is -2.21. The molecule has 0 bridgehead atoms. The maximum absolute atomic E-state index is 11.9. The number of hydrogen-bond donors (Lipinski definition) is 1. The Hall–Kier alpha value is -2.16. The Labute approximate surface area is 170 Å². The Bertz CT molecular complexity index is 850. The lowest BCUT2D eigenvalue weighted by Gasteiger charge is -2.28. The van der Waals surface area contributed by atoms with Gasteiger partial charge < -0.3 is 5.73 Å². The lowest BCUT2D eigenvalue weighted by atomic mass is 9.78. The summed E-state index contributed by atoms with van der Waals surface area (Å²) in [6.07, 6.45) is 3.36. The van der Waals surface area contributed by atoms with E-state index in [1.54, 1.807) is 0 Å². The van der Waals surface area contributed by atoms with Crippen LogP contribution in [0.15, 0.2) is 24.3 Å². The van der Waals surface area contributed by atoms with E-state index in [0.717, 1.165) is 40.1 Å². The molecular formula is C25H35N2O. The number of primary amides is 1. The third-order valence-corrected chi connectivity index (χ3v) is 4.59. The second-order valence-electron chi connectivity index (χ2n) is 10.2. The van der Waals surface area contributed by atoms with Crippen LogP contribution in [0.4, 0.5) is 0 Å². The molecule has 0 spiro atoms. The molecule has 2 aromatic rings. The second kappa shape index (κ2) is 8.06. The first-order valence-corrected chi connectivity index (χ1v) is 10.0. The Morgan fingerprint density at radius 3 is 2.07 bits per heavy atom. The average Bonchev–Trinajstić information content (AvgIpc) is 2.50. The highest BCUT2D eigenvalue weighted by Gasteiger charge is 2.26. The van der Waals surface area contributed by atoms with Crippen LogP contribution in [-0.2, 0) is 17.6 Å². The van der Waals surface area contributed by atoms with Crippen molar-refractivity contribution in [3.63, 3.8) is 0 Å². The van der Waals surface area contributed by atoms with E-state index in [0.29, 0.717) is 0 Å². The molecule has 0 saturated heterocycles. The minimum absolute atomic E-state index is 0.0208. The molecule has 1 amide bonds. The second-order valence-corrected chi connectivity index (χ2v) is 10.2. The van der Waals surface area contributed by atoms with Crippen molar-refractivity contribution in [3.05, 3.63) is 58.8 Å². The molecule has 1 heterocycles. The predicted molar refractivity (Wildman–Crippen MR) is 118 cm³/mol. The standard InChI is InChI=1S/C25H35N2O/c1-16-9-11-18(12-10-16)23-19(13-22(26)28)17(2)27-21(15-25(6,7)8)20(23)14-24(3,4)5/h9-12,14H,13,15H2,1-8H3,(H2,26,28). The third-order valence-electron chi connectivity index (χ3n) is 4.59. The first-order valence-electron chi connectivity index (χ1n) is 10.0. The molecule has 28 heavy (non-hydrogen) atoms. The summed E-state index contributed by atoms with van der Waals surface area (Å²) >= 11 is 0. The lowest BCUT2D eigenvalue weighted by molar-refractivity contribution is -0.117. The number of rotatable bonds is 5. The summed E-state index contributed by atoms with van der Waals surface area (Å²) in [5.74, 6) is -0.330. The Kier molecular flexibility index (Phi) is 6.37. The molecule has 1 aromatic heterocycles. The fourth-order valence-electron chi connectivity index (χ4n) is 3.48. The number of aryl methyl sites for hydroxylation is 2. The quantitative estimate of drug-likeness (QED) is 0.737. The van der Waals surface area contributed by atoms with Crippen molar-refractivity contribution >= 4 is 5.91 Å². The van der Waals surface area contributed by atoms with Gasteiger partial charge in [0.05, 0.1) is 6.42 Å². The van der Waals surface area contributed by atoms with Gasteiger partial charge in [-0.1, -0.05) is 71.4 Å². The van der Waals surface area contributed by atoms with Gasteiger partial charge in [-0.05, 0) is 59.8 Å². The monoisotopic (exact) mass is 379 g/mol. The number of carbonyl (C=O) groups excluding carboxylic acids is 1. The zero-order chi connectivity index (χ0) is 21.3. The molecule has 3 nitrogen and oxygen atoms in total. The molecule has 0 unspecified atom stereocenters. The first kappa shape index (κ1) is 22.1. The van der Waals surface area contributed by atoms with Crippen molar-refractivity contribution < 1.29 is 4.79 Å². The normalized spacial score (nSPS) is 12.3. The Balaban J connectivity index is 2.86. The van der Waals surface area contributed by atoms with Gasteiger partial charge in [0.15, 0.2) is 0 Å². The van der Waals surface area contributed by atoms with E-state index in [1.165, 1.54) is 5.56 Å². The number of nitrogens with zero attached hydrogens (tertiary/aromatic N) is 1. The molecule has 1 radical (unpaired) electrons. The molecule has 2 rings (SSSR count). The van der Waals surface area contributed by atoms with E-state index in [-0.39, 0.29) is 23.2 Å². The minimum Gasteiger partial charge on any atom is -0.369 e. The van der Waals surface area contributed by atoms with Gasteiger partial charge in [-0.3, -0.25) is 9.78 Å². The number of hydrogen-bond acceptors (Lipinski definition) is 2. The van der Waals surface area contributed by atoms with Crippen LogP contribution in [0.5, 0.6) is 0 Å². The number of carbonyl (C=O) groups is 1. The van der Waals surface area contributed by atoms with E-state index in [9.17, 15) is 4.79 Å². The maximum atomic E-state index is 11.9. The van der Waals surface area contributed by atoms with E-state index in [2.05, 4.69) is 79.2 Å². The van der Waals surface area contributed by atoms with Crippen molar-refractivity contribution in [2.75, 3.05) is 0 Å². The number of nitrogens with two attached hydrogens (primary N) is 1. The van der Waals surface area contributed by atoms with Crippen LogP contribution in [0.25, 0.3) is 11.1 Å². The van der Waals surface area contributed by atoms with Crippen molar-refractivity contribution in [2.45, 2.75) is 68.2 Å². The van der Waals surface area contributed by atoms with Gasteiger partial charge >= 0.3 is 0 Å². The fraction of sp³-hybridized carbons (Fsp3) is 0.480. The van der Waals surface area contributed by atoms with Crippen molar-refractivity contribution in [1.82, 2.24) is 4.98 Å². The highest BCUT2D eigenvalue weighted by Crippen LogP contribution is 2.38. The van der Waals surface area contributed by atoms with Crippen LogP contribution >= 0.6 is 0 Å². The van der Waals surface area contributed by atoms with Gasteiger partial charge in [-0.25, -0.2) is 0 Å². The molecule has 2 N–H and O–H groups in total. The van der Waals surface area contributed by atoms with Gasteiger partial charge in [-0.2, -0.15) is 0 Å². The van der Waals surface area contributed by atoms with Gasteiger partial charge in [0, 0.05) is 11.4 Å². The molecule has 0 aliphatic heterocycles. The molecule has 0 fully saturated rings. The number of pyridine rings is 1. The van der Waals surface area contributed by atoms with Gasteiger partial charge in [0.2, 0.25) is 5.91 Å². The summed E-state index contributed by atoms with van der Waals surface area (Å²) in [5.41, 5.74) is 13.2. The van der Waals surface area contributed by atoms with Crippen LogP contribution in [-0.4, -0.2) is 10.9 Å². The number of benzene rings is 1. The minimum atomic E-state index is -0.330. The molecule has 0 saturated carbocycles. The van der Waals surface area contributed by atoms with Crippen LogP contribution < -0.4 is 5.73 Å². The summed E-state index contributed by atoms with van der Waals surface area (Å²) in [5, 5.41) is 0. The first-order chi connectivity index (χ1) is 12.8. The summed E-state index contributed by atoms with van der Waals surface area (Å²) in [6.45, 7) is 17.3. The summed E-state index contributed by atoms with van der Waals surface area (Å²) in [4.78, 5) is 16.8. The van der Waals surface area contributed by atoms with E-state index in [4.69, 9.17) is 10.7 Å². The molecular weight excluding hydrogens is 344 g/mol. The molecule has 151 valence electrons. The SMILES string of the molecule is Cc1ccc(-c2c([CH]C(C)(C)C)c(CC(C)(C)C)nc(C)c2CC(N)=O)cc1. The Morgan fingerprint density at radius 2 is 1.61 bits per heavy atom. The molecule has 1 aromatic carbocycles. The number of aromatic nitrogens is 1. The van der Waals surface area contributed by atoms with E-state index >= 15 is 0 Å². The highest BCUT2D eigenvalue weighted by molar-refractivity contribution is 5.83. The zero-order valence-corrected chi connectivity index (χ0v) is 18.7. The fourth-order valence-corrected chi connectivity index (χ4v) is 3.48. The average molecular weight is 380 g/mol. The van der Waals surface area contributed by atoms with Crippen molar-refractivity contribution in [3.8, 4) is 11.1 Å². The zero-order valence-electron chi connectivity index (χ0n) is 18.7. The summed E-state index contributed by atoms with van der Waals surface area (Å²) in [7, 11) is 0. The maximum Gasteiger partial charge on any atom is 0.221 e. The predicted octanol–water partition coefficient (Wildman–Crippen LogP) is 5.58. The van der Waals surface area contributed by atoms with E-state index in [1.807, 2.05) is 6.92 Å². The van der Waals surface area contributed by atoms with E-state index < -0.39 is 0 Å². The third kappa shape index (κ3) is 5.92. The van der Waals surface area contributed by atoms with Gasteiger partial charge in [0.25, 0.3) is 0 Å². The van der Waals surface area contributed by atoms with Crippen LogP contribution in [0, 0.1) is 31.1 Å². The summed E-state index contributed by atoms with van der Waals surface area (Å²) < 4.78 is 0. The van der Waals surface area contributed by atoms with Gasteiger partial charge in [0.1, 0.15) is 0 Å². The van der Waals surface area contributed by atoms with Crippen LogP contribution in [0.1, 0.15) is 69.6 Å². The number of amides is 1. The molecule has 3 heteroatoms. The highest BCUT2D eigenvalue weighted by atomic mass is 16.1. The van der Waals surface area contributed by atoms with Crippen LogP contribution in [0.3, 0.4) is 0 Å². The van der Waals surface area contributed by atoms with Crippen molar-refractivity contribution in [1.29, 1.82) is 0 Å². The molecule has 0 atom stereocenters.